The van der Waals surface area contributed by atoms with Crippen molar-refractivity contribution < 1.29 is 8.83 Å². The van der Waals surface area contributed by atoms with Gasteiger partial charge in [-0.05, 0) is 62.9 Å². The van der Waals surface area contributed by atoms with Gasteiger partial charge in [-0.1, -0.05) is 152 Å². The van der Waals surface area contributed by atoms with Gasteiger partial charge in [-0.25, -0.2) is 4.98 Å². The molecule has 0 aliphatic heterocycles. The van der Waals surface area contributed by atoms with Crippen LogP contribution in [0.3, 0.4) is 0 Å². The standard InChI is InChI=1S/C52H30N2O2/c1-3-13-40-38(11-1)39-12-2-4-14-41(39)50-49(40)53-30-45(54-50)36-10-7-9-35(29-36)33-21-19-31(20-22-33)32-23-25-34(26-24-32)37-16-8-17-42-43-27-28-47-48(52(43)56-51(37)42)44-15-5-6-18-46(44)55-47/h1-30H. The minimum atomic E-state index is 0.837. The van der Waals surface area contributed by atoms with Crippen LogP contribution in [0.1, 0.15) is 0 Å². The zero-order chi connectivity index (χ0) is 36.7. The van der Waals surface area contributed by atoms with Gasteiger partial charge in [0.15, 0.2) is 0 Å². The van der Waals surface area contributed by atoms with Crippen molar-refractivity contribution >= 4 is 76.5 Å². The number of rotatable bonds is 4. The fourth-order valence-electron chi connectivity index (χ4n) is 8.61. The van der Waals surface area contributed by atoms with Crippen LogP contribution in [-0.2, 0) is 0 Å². The predicted octanol–water partition coefficient (Wildman–Crippen LogP) is 14.4. The molecule has 0 unspecified atom stereocenters. The summed E-state index contributed by atoms with van der Waals surface area (Å²) in [5.41, 5.74) is 14.0. The smallest absolute Gasteiger partial charge is 0.147 e. The summed E-state index contributed by atoms with van der Waals surface area (Å²) in [7, 11) is 0. The van der Waals surface area contributed by atoms with Gasteiger partial charge < -0.3 is 8.83 Å². The molecule has 0 saturated heterocycles. The Morgan fingerprint density at radius 3 is 1.66 bits per heavy atom. The number of fused-ring (bicyclic) bond motifs is 13. The van der Waals surface area contributed by atoms with E-state index in [0.717, 1.165) is 110 Å². The van der Waals surface area contributed by atoms with Crippen molar-refractivity contribution in [2.24, 2.45) is 0 Å². The van der Waals surface area contributed by atoms with Crippen molar-refractivity contribution in [3.8, 4) is 44.6 Å². The van der Waals surface area contributed by atoms with Crippen molar-refractivity contribution in [1.82, 2.24) is 9.97 Å². The molecule has 4 nitrogen and oxygen atoms in total. The van der Waals surface area contributed by atoms with Crippen molar-refractivity contribution in [3.05, 3.63) is 182 Å². The first-order chi connectivity index (χ1) is 27.7. The molecule has 56 heavy (non-hydrogen) atoms. The highest BCUT2D eigenvalue weighted by Crippen LogP contribution is 2.42. The highest BCUT2D eigenvalue weighted by molar-refractivity contribution is 6.24. The maximum atomic E-state index is 6.71. The second-order valence-corrected chi connectivity index (χ2v) is 14.5. The molecule has 0 spiro atoms. The Labute approximate surface area is 320 Å². The van der Waals surface area contributed by atoms with Crippen molar-refractivity contribution in [2.75, 3.05) is 0 Å². The average molecular weight is 715 g/mol. The van der Waals surface area contributed by atoms with Gasteiger partial charge in [0, 0.05) is 38.1 Å². The largest absolute Gasteiger partial charge is 0.456 e. The van der Waals surface area contributed by atoms with Gasteiger partial charge >= 0.3 is 0 Å². The Bertz CT molecular complexity index is 3490. The van der Waals surface area contributed by atoms with Crippen molar-refractivity contribution in [1.29, 1.82) is 0 Å². The maximum Gasteiger partial charge on any atom is 0.147 e. The number of hydrogen-bond acceptors (Lipinski definition) is 4. The van der Waals surface area contributed by atoms with E-state index in [0.29, 0.717) is 0 Å². The van der Waals surface area contributed by atoms with Gasteiger partial charge in [-0.15, -0.1) is 0 Å². The molecule has 9 aromatic carbocycles. The van der Waals surface area contributed by atoms with E-state index in [1.54, 1.807) is 0 Å². The lowest BCUT2D eigenvalue weighted by atomic mass is 9.96. The van der Waals surface area contributed by atoms with E-state index in [4.69, 9.17) is 18.8 Å². The Kier molecular flexibility index (Phi) is 6.60. The molecule has 0 saturated carbocycles. The summed E-state index contributed by atoms with van der Waals surface area (Å²) < 4.78 is 12.9. The summed E-state index contributed by atoms with van der Waals surface area (Å²) in [6.45, 7) is 0. The topological polar surface area (TPSA) is 52.1 Å². The summed E-state index contributed by atoms with van der Waals surface area (Å²) in [5, 5.41) is 8.92. The van der Waals surface area contributed by atoms with Crippen LogP contribution in [0.2, 0.25) is 0 Å². The molecule has 0 N–H and O–H groups in total. The van der Waals surface area contributed by atoms with Crippen LogP contribution in [0.5, 0.6) is 0 Å². The molecule has 0 bridgehead atoms. The van der Waals surface area contributed by atoms with E-state index < -0.39 is 0 Å². The first-order valence-electron chi connectivity index (χ1n) is 18.9. The van der Waals surface area contributed by atoms with Crippen LogP contribution in [0, 0.1) is 0 Å². The Morgan fingerprint density at radius 2 is 0.911 bits per heavy atom. The van der Waals surface area contributed by atoms with E-state index >= 15 is 0 Å². The summed E-state index contributed by atoms with van der Waals surface area (Å²) in [5.74, 6) is 0. The molecule has 0 aliphatic carbocycles. The van der Waals surface area contributed by atoms with Crippen molar-refractivity contribution in [2.45, 2.75) is 0 Å². The highest BCUT2D eigenvalue weighted by Gasteiger charge is 2.18. The van der Waals surface area contributed by atoms with E-state index in [9.17, 15) is 0 Å². The fraction of sp³-hybridized carbons (Fsp3) is 0. The number of benzene rings is 9. The summed E-state index contributed by atoms with van der Waals surface area (Å²) in [6.07, 6.45) is 1.91. The number of aromatic nitrogens is 2. The van der Waals surface area contributed by atoms with Crippen LogP contribution < -0.4 is 0 Å². The monoisotopic (exact) mass is 714 g/mol. The molecule has 0 fully saturated rings. The molecule has 12 aromatic rings. The lowest BCUT2D eigenvalue weighted by molar-refractivity contribution is 0.663. The maximum absolute atomic E-state index is 6.71. The molecule has 260 valence electrons. The first-order valence-corrected chi connectivity index (χ1v) is 18.9. The lowest BCUT2D eigenvalue weighted by Crippen LogP contribution is -1.92. The number of nitrogens with zero attached hydrogens (tertiary/aromatic N) is 2. The molecule has 4 heteroatoms. The Morgan fingerprint density at radius 1 is 0.339 bits per heavy atom. The van der Waals surface area contributed by atoms with E-state index in [1.165, 1.54) is 10.8 Å². The Hall–Kier alpha value is -7.56. The van der Waals surface area contributed by atoms with Crippen LogP contribution in [0.25, 0.3) is 121 Å². The fourth-order valence-corrected chi connectivity index (χ4v) is 8.61. The molecule has 3 aromatic heterocycles. The number of furan rings is 2. The third kappa shape index (κ3) is 4.66. The second kappa shape index (κ2) is 12.0. The van der Waals surface area contributed by atoms with Gasteiger partial charge in [-0.3, -0.25) is 4.98 Å². The molecule has 0 amide bonds. The number of para-hydroxylation sites is 2. The molecule has 0 aliphatic rings. The van der Waals surface area contributed by atoms with Gasteiger partial charge in [0.05, 0.1) is 28.3 Å². The van der Waals surface area contributed by atoms with Crippen LogP contribution in [0.4, 0.5) is 0 Å². The SMILES string of the molecule is c1cc(-c2ccc(-c3ccc(-c4cccc5c4oc4c5ccc5oc6ccccc6c54)cc3)cc2)cc(-c2cnc3c4ccccc4c4ccccc4c3n2)c1. The van der Waals surface area contributed by atoms with E-state index in [1.807, 2.05) is 24.4 Å². The third-order valence-corrected chi connectivity index (χ3v) is 11.3. The highest BCUT2D eigenvalue weighted by atomic mass is 16.3. The normalized spacial score (nSPS) is 11.9. The quantitative estimate of drug-likeness (QED) is 0.170. The van der Waals surface area contributed by atoms with E-state index in [-0.39, 0.29) is 0 Å². The van der Waals surface area contributed by atoms with Crippen LogP contribution in [-0.4, -0.2) is 9.97 Å². The van der Waals surface area contributed by atoms with Crippen molar-refractivity contribution in [3.63, 3.8) is 0 Å². The molecular formula is C52H30N2O2. The van der Waals surface area contributed by atoms with Gasteiger partial charge in [0.25, 0.3) is 0 Å². The Balaban J connectivity index is 0.861. The minimum absolute atomic E-state index is 0.837. The zero-order valence-corrected chi connectivity index (χ0v) is 30.0. The summed E-state index contributed by atoms with van der Waals surface area (Å²) >= 11 is 0. The van der Waals surface area contributed by atoms with Crippen LogP contribution in [0.15, 0.2) is 191 Å². The number of hydrogen-bond donors (Lipinski definition) is 0. The summed E-state index contributed by atoms with van der Waals surface area (Å²) in [4.78, 5) is 10.2. The van der Waals surface area contributed by atoms with E-state index in [2.05, 4.69) is 158 Å². The molecule has 0 atom stereocenters. The molecular weight excluding hydrogens is 685 g/mol. The second-order valence-electron chi connectivity index (χ2n) is 14.5. The molecule has 0 radical (unpaired) electrons. The predicted molar refractivity (Wildman–Crippen MR) is 231 cm³/mol. The van der Waals surface area contributed by atoms with Gasteiger partial charge in [0.1, 0.15) is 22.3 Å². The molecule has 3 heterocycles. The minimum Gasteiger partial charge on any atom is -0.456 e. The molecule has 12 rings (SSSR count). The summed E-state index contributed by atoms with van der Waals surface area (Å²) in [6, 6.07) is 61.8. The lowest BCUT2D eigenvalue weighted by Gasteiger charge is -2.11. The zero-order valence-electron chi connectivity index (χ0n) is 30.0. The van der Waals surface area contributed by atoms with Gasteiger partial charge in [0.2, 0.25) is 0 Å². The first kappa shape index (κ1) is 30.9. The van der Waals surface area contributed by atoms with Crippen LogP contribution >= 0.6 is 0 Å². The third-order valence-electron chi connectivity index (χ3n) is 11.3. The average Bonchev–Trinajstić information content (AvgIpc) is 3.85. The van der Waals surface area contributed by atoms with Gasteiger partial charge in [-0.2, -0.15) is 0 Å².